The second kappa shape index (κ2) is 5.80. The molecule has 10 heteroatoms. The molecule has 0 amide bonds. The third-order valence-corrected chi connectivity index (χ3v) is 4.48. The zero-order valence-electron chi connectivity index (χ0n) is 13.0. The summed E-state index contributed by atoms with van der Waals surface area (Å²) >= 11 is 0.851. The maximum atomic E-state index is 14.3. The minimum Gasteiger partial charge on any atom is -0.296 e. The van der Waals surface area contributed by atoms with Crippen LogP contribution in [0.2, 0.25) is 0 Å². The highest BCUT2D eigenvalue weighted by Gasteiger charge is 2.33. The van der Waals surface area contributed by atoms with E-state index in [2.05, 4.69) is 4.98 Å². The molecule has 0 fully saturated rings. The lowest BCUT2D eigenvalue weighted by molar-refractivity contribution is -0.141. The van der Waals surface area contributed by atoms with E-state index in [0.717, 1.165) is 17.4 Å². The van der Waals surface area contributed by atoms with E-state index in [0.29, 0.717) is 27.2 Å². The maximum absolute atomic E-state index is 14.3. The molecule has 3 rings (SSSR count). The fraction of sp³-hybridized carbons (Fsp3) is 0.267. The first-order valence-electron chi connectivity index (χ1n) is 7.10. The number of halogens is 4. The molecule has 0 radical (unpaired) electrons. The molecule has 0 bridgehead atoms. The van der Waals surface area contributed by atoms with Gasteiger partial charge in [-0.05, 0) is 26.0 Å². The molecule has 0 unspecified atom stereocenters. The molecule has 1 aromatic carbocycles. The quantitative estimate of drug-likeness (QED) is 0.648. The first-order chi connectivity index (χ1) is 11.6. The smallest absolute Gasteiger partial charge is 0.296 e. The number of hydrogen-bond acceptors (Lipinski definition) is 4. The maximum Gasteiger partial charge on any atom is 0.433 e. The van der Waals surface area contributed by atoms with Crippen LogP contribution in [0.25, 0.3) is 15.9 Å². The van der Waals surface area contributed by atoms with Crippen molar-refractivity contribution < 1.29 is 17.6 Å². The van der Waals surface area contributed by atoms with Gasteiger partial charge >= 0.3 is 11.0 Å². The minimum absolute atomic E-state index is 0.206. The van der Waals surface area contributed by atoms with Crippen molar-refractivity contribution in [2.45, 2.75) is 26.1 Å². The summed E-state index contributed by atoms with van der Waals surface area (Å²) in [6.07, 6.45) is -4.15. The summed E-state index contributed by atoms with van der Waals surface area (Å²) in [6, 6.07) is 2.44. The Kier molecular flexibility index (Phi) is 4.02. The third kappa shape index (κ3) is 2.97. The minimum atomic E-state index is -4.77. The van der Waals surface area contributed by atoms with Crippen molar-refractivity contribution >= 4 is 21.6 Å². The van der Waals surface area contributed by atoms with Gasteiger partial charge in [0.15, 0.2) is 5.69 Å². The second-order valence-electron chi connectivity index (χ2n) is 5.58. The van der Waals surface area contributed by atoms with Crippen molar-refractivity contribution in [1.29, 1.82) is 0 Å². The predicted molar refractivity (Wildman–Crippen MR) is 84.8 cm³/mol. The highest BCUT2D eigenvalue weighted by Crippen LogP contribution is 2.28. The lowest BCUT2D eigenvalue weighted by Gasteiger charge is -2.11. The van der Waals surface area contributed by atoms with E-state index < -0.39 is 23.2 Å². The number of thiazole rings is 1. The Morgan fingerprint density at radius 1 is 1.16 bits per heavy atom. The Labute approximate surface area is 141 Å². The summed E-state index contributed by atoms with van der Waals surface area (Å²) in [5.74, 6) is -0.840. The van der Waals surface area contributed by atoms with Crippen LogP contribution in [0.4, 0.5) is 17.6 Å². The van der Waals surface area contributed by atoms with E-state index >= 15 is 0 Å². The van der Waals surface area contributed by atoms with Crippen LogP contribution in [0.1, 0.15) is 25.6 Å². The van der Waals surface area contributed by atoms with Gasteiger partial charge in [-0.15, -0.1) is 0 Å². The van der Waals surface area contributed by atoms with Crippen LogP contribution in [0, 0.1) is 5.82 Å². The predicted octanol–water partition coefficient (Wildman–Crippen LogP) is 3.35. The second-order valence-corrected chi connectivity index (χ2v) is 6.58. The highest BCUT2D eigenvalue weighted by molar-refractivity contribution is 7.16. The molecule has 0 aliphatic heterocycles. The van der Waals surface area contributed by atoms with Gasteiger partial charge < -0.3 is 0 Å². The number of alkyl halides is 3. The van der Waals surface area contributed by atoms with Gasteiger partial charge in [-0.2, -0.15) is 13.2 Å². The molecule has 0 saturated carbocycles. The van der Waals surface area contributed by atoms with Gasteiger partial charge in [-0.3, -0.25) is 18.7 Å². The average molecular weight is 373 g/mol. The first-order valence-corrected chi connectivity index (χ1v) is 7.92. The van der Waals surface area contributed by atoms with E-state index in [1.807, 2.05) is 0 Å². The molecule has 0 spiro atoms. The largest absolute Gasteiger partial charge is 0.433 e. The lowest BCUT2D eigenvalue weighted by Crippen LogP contribution is -2.23. The molecular formula is C15H11F4N3O2S. The standard InChI is InChI=1S/C15H11F4N3O2S/c1-7(2)22-10-4-9(8(16)3-11(10)25-14(22)24)21-6-20-12(5-13(21)23)15(17,18)19/h3-7H,1-2H3. The summed E-state index contributed by atoms with van der Waals surface area (Å²) in [5, 5.41) is 0. The van der Waals surface area contributed by atoms with E-state index in [1.54, 1.807) is 13.8 Å². The fourth-order valence-corrected chi connectivity index (χ4v) is 3.47. The van der Waals surface area contributed by atoms with Crippen molar-refractivity contribution in [3.63, 3.8) is 0 Å². The van der Waals surface area contributed by atoms with Crippen molar-refractivity contribution in [2.75, 3.05) is 0 Å². The van der Waals surface area contributed by atoms with Crippen molar-refractivity contribution in [1.82, 2.24) is 14.1 Å². The van der Waals surface area contributed by atoms with Gasteiger partial charge in [-0.25, -0.2) is 9.37 Å². The molecule has 0 aliphatic rings. The average Bonchev–Trinajstić information content (AvgIpc) is 2.80. The monoisotopic (exact) mass is 373 g/mol. The van der Waals surface area contributed by atoms with Crippen LogP contribution in [0.15, 0.2) is 34.1 Å². The van der Waals surface area contributed by atoms with Crippen LogP contribution in [0.5, 0.6) is 0 Å². The Hall–Kier alpha value is -2.49. The van der Waals surface area contributed by atoms with Gasteiger partial charge in [0.2, 0.25) is 0 Å². The van der Waals surface area contributed by atoms with Crippen LogP contribution in [-0.2, 0) is 6.18 Å². The fourth-order valence-electron chi connectivity index (χ4n) is 2.45. The molecule has 25 heavy (non-hydrogen) atoms. The Morgan fingerprint density at radius 3 is 2.40 bits per heavy atom. The summed E-state index contributed by atoms with van der Waals surface area (Å²) in [7, 11) is 0. The Balaban J connectivity index is 2.26. The van der Waals surface area contributed by atoms with E-state index in [4.69, 9.17) is 0 Å². The lowest BCUT2D eigenvalue weighted by atomic mass is 10.2. The van der Waals surface area contributed by atoms with Gasteiger partial charge in [0.05, 0.1) is 15.9 Å². The molecule has 2 aromatic heterocycles. The molecule has 0 atom stereocenters. The van der Waals surface area contributed by atoms with Crippen LogP contribution >= 0.6 is 11.3 Å². The number of nitrogens with zero attached hydrogens (tertiary/aromatic N) is 3. The molecule has 0 aliphatic carbocycles. The number of benzene rings is 1. The van der Waals surface area contributed by atoms with Crippen LogP contribution < -0.4 is 10.4 Å². The zero-order valence-corrected chi connectivity index (χ0v) is 13.8. The zero-order chi connectivity index (χ0) is 18.5. The van der Waals surface area contributed by atoms with Crippen molar-refractivity contribution in [3.05, 3.63) is 56.1 Å². The van der Waals surface area contributed by atoms with Gasteiger partial charge in [0.25, 0.3) is 5.56 Å². The molecule has 5 nitrogen and oxygen atoms in total. The number of aromatic nitrogens is 3. The molecular weight excluding hydrogens is 362 g/mol. The molecule has 2 heterocycles. The van der Waals surface area contributed by atoms with Gasteiger partial charge in [-0.1, -0.05) is 11.3 Å². The number of fused-ring (bicyclic) bond motifs is 1. The SMILES string of the molecule is CC(C)n1c(=O)sc2cc(F)c(-n3cnc(C(F)(F)F)cc3=O)cc21. The van der Waals surface area contributed by atoms with Crippen LogP contribution in [-0.4, -0.2) is 14.1 Å². The van der Waals surface area contributed by atoms with Crippen LogP contribution in [0.3, 0.4) is 0 Å². The van der Waals surface area contributed by atoms with Crippen molar-refractivity contribution in [2.24, 2.45) is 0 Å². The Morgan fingerprint density at radius 2 is 1.84 bits per heavy atom. The van der Waals surface area contributed by atoms with E-state index in [-0.39, 0.29) is 16.6 Å². The van der Waals surface area contributed by atoms with Gasteiger partial charge in [0, 0.05) is 12.1 Å². The number of rotatable bonds is 2. The van der Waals surface area contributed by atoms with Gasteiger partial charge in [0.1, 0.15) is 12.1 Å². The molecule has 132 valence electrons. The van der Waals surface area contributed by atoms with E-state index in [1.165, 1.54) is 10.6 Å². The first kappa shape index (κ1) is 17.3. The summed E-state index contributed by atoms with van der Waals surface area (Å²) in [5.41, 5.74) is -2.31. The highest BCUT2D eigenvalue weighted by atomic mass is 32.1. The van der Waals surface area contributed by atoms with Crippen molar-refractivity contribution in [3.8, 4) is 5.69 Å². The molecule has 3 aromatic rings. The Bertz CT molecular complexity index is 1080. The summed E-state index contributed by atoms with van der Waals surface area (Å²) in [4.78, 5) is 26.9. The summed E-state index contributed by atoms with van der Waals surface area (Å²) < 4.78 is 54.7. The summed E-state index contributed by atoms with van der Waals surface area (Å²) in [6.45, 7) is 3.53. The number of hydrogen-bond donors (Lipinski definition) is 0. The van der Waals surface area contributed by atoms with E-state index in [9.17, 15) is 27.2 Å². The third-order valence-electron chi connectivity index (χ3n) is 3.56. The molecule has 0 N–H and O–H groups in total. The normalized spacial score (nSPS) is 12.3. The molecule has 0 saturated heterocycles. The topological polar surface area (TPSA) is 56.9 Å².